The number of amides is 1. The third-order valence-electron chi connectivity index (χ3n) is 6.22. The SMILES string of the molecule is O=C(NCCOc1ccc(S(=O)(=O)N2CCCCC2)cc1)c1ccccc1CCc1ccccc1. The summed E-state index contributed by atoms with van der Waals surface area (Å²) in [5.74, 6) is 0.445. The second-order valence-corrected chi connectivity index (χ2v) is 10.6. The fourth-order valence-corrected chi connectivity index (χ4v) is 5.79. The van der Waals surface area contributed by atoms with Gasteiger partial charge in [-0.1, -0.05) is 55.0 Å². The predicted molar refractivity (Wildman–Crippen MR) is 137 cm³/mol. The molecule has 1 fully saturated rings. The Hall–Kier alpha value is -3.16. The predicted octanol–water partition coefficient (Wildman–Crippen LogP) is 4.46. The van der Waals surface area contributed by atoms with Crippen LogP contribution in [0.4, 0.5) is 0 Å². The maximum Gasteiger partial charge on any atom is 0.251 e. The summed E-state index contributed by atoms with van der Waals surface area (Å²) >= 11 is 0. The Labute approximate surface area is 208 Å². The standard InChI is InChI=1S/C28H32N2O4S/c31-28(27-12-6-5-11-24(27)14-13-23-9-3-1-4-10-23)29-19-22-34-25-15-17-26(18-16-25)35(32,33)30-20-7-2-8-21-30/h1,3-6,9-12,15-18H,2,7-8,13-14,19-22H2,(H,29,31). The molecule has 0 bridgehead atoms. The lowest BCUT2D eigenvalue weighted by molar-refractivity contribution is 0.0946. The monoisotopic (exact) mass is 492 g/mol. The molecular weight excluding hydrogens is 460 g/mol. The zero-order valence-corrected chi connectivity index (χ0v) is 20.7. The molecule has 184 valence electrons. The van der Waals surface area contributed by atoms with Crippen molar-refractivity contribution in [3.63, 3.8) is 0 Å². The second kappa shape index (κ2) is 12.0. The van der Waals surface area contributed by atoms with Crippen LogP contribution in [0, 0.1) is 0 Å². The summed E-state index contributed by atoms with van der Waals surface area (Å²) in [6, 6.07) is 24.4. The molecule has 0 spiro atoms. The first kappa shape index (κ1) is 24.9. The van der Waals surface area contributed by atoms with E-state index in [-0.39, 0.29) is 17.4 Å². The van der Waals surface area contributed by atoms with Crippen LogP contribution in [0.1, 0.15) is 40.7 Å². The Morgan fingerprint density at radius 2 is 1.51 bits per heavy atom. The van der Waals surface area contributed by atoms with Crippen LogP contribution in [0.3, 0.4) is 0 Å². The highest BCUT2D eigenvalue weighted by atomic mass is 32.2. The molecule has 35 heavy (non-hydrogen) atoms. The summed E-state index contributed by atoms with van der Waals surface area (Å²) in [5.41, 5.74) is 2.93. The Morgan fingerprint density at radius 3 is 2.26 bits per heavy atom. The largest absolute Gasteiger partial charge is 0.492 e. The fraction of sp³-hybridized carbons (Fsp3) is 0.321. The number of benzene rings is 3. The first-order chi connectivity index (χ1) is 17.0. The van der Waals surface area contributed by atoms with Crippen molar-refractivity contribution in [1.29, 1.82) is 0 Å². The van der Waals surface area contributed by atoms with E-state index < -0.39 is 10.0 Å². The van der Waals surface area contributed by atoms with Crippen LogP contribution in [0.15, 0.2) is 83.8 Å². The molecule has 1 amide bonds. The van der Waals surface area contributed by atoms with Crippen molar-refractivity contribution in [3.8, 4) is 5.75 Å². The molecule has 0 radical (unpaired) electrons. The van der Waals surface area contributed by atoms with Gasteiger partial charge in [0.15, 0.2) is 0 Å². The highest BCUT2D eigenvalue weighted by molar-refractivity contribution is 7.89. The van der Waals surface area contributed by atoms with Crippen molar-refractivity contribution in [2.45, 2.75) is 37.0 Å². The van der Waals surface area contributed by atoms with Gasteiger partial charge in [0.25, 0.3) is 5.91 Å². The molecule has 6 nitrogen and oxygen atoms in total. The summed E-state index contributed by atoms with van der Waals surface area (Å²) in [7, 11) is -3.45. The number of nitrogens with zero attached hydrogens (tertiary/aromatic N) is 1. The lowest BCUT2D eigenvalue weighted by Crippen LogP contribution is -2.35. The number of sulfonamides is 1. The van der Waals surface area contributed by atoms with E-state index in [1.165, 1.54) is 5.56 Å². The van der Waals surface area contributed by atoms with Crippen molar-refractivity contribution in [2.24, 2.45) is 0 Å². The van der Waals surface area contributed by atoms with Crippen LogP contribution < -0.4 is 10.1 Å². The van der Waals surface area contributed by atoms with Gasteiger partial charge in [-0.25, -0.2) is 8.42 Å². The Morgan fingerprint density at radius 1 is 0.829 bits per heavy atom. The van der Waals surface area contributed by atoms with Gasteiger partial charge in [0.1, 0.15) is 12.4 Å². The molecule has 1 aliphatic rings. The van der Waals surface area contributed by atoms with Crippen LogP contribution in [0.2, 0.25) is 0 Å². The fourth-order valence-electron chi connectivity index (χ4n) is 4.27. The van der Waals surface area contributed by atoms with E-state index in [1.54, 1.807) is 28.6 Å². The van der Waals surface area contributed by atoms with E-state index in [2.05, 4.69) is 17.4 Å². The minimum absolute atomic E-state index is 0.125. The van der Waals surface area contributed by atoms with E-state index in [4.69, 9.17) is 4.74 Å². The number of piperidine rings is 1. The van der Waals surface area contributed by atoms with Gasteiger partial charge in [-0.15, -0.1) is 0 Å². The van der Waals surface area contributed by atoms with E-state index >= 15 is 0 Å². The summed E-state index contributed by atoms with van der Waals surface area (Å²) in [6.45, 7) is 1.79. The molecule has 1 saturated heterocycles. The number of aryl methyl sites for hydroxylation is 2. The van der Waals surface area contributed by atoms with Crippen LogP contribution in [0.25, 0.3) is 0 Å². The molecule has 1 N–H and O–H groups in total. The third-order valence-corrected chi connectivity index (χ3v) is 8.13. The lowest BCUT2D eigenvalue weighted by Gasteiger charge is -2.25. The van der Waals surface area contributed by atoms with Crippen molar-refractivity contribution in [3.05, 3.63) is 95.6 Å². The van der Waals surface area contributed by atoms with Gasteiger partial charge in [0, 0.05) is 18.7 Å². The Kier molecular flexibility index (Phi) is 8.55. The third kappa shape index (κ3) is 6.71. The molecule has 3 aromatic rings. The summed E-state index contributed by atoms with van der Waals surface area (Å²) in [5, 5.41) is 2.92. The zero-order chi connectivity index (χ0) is 24.5. The first-order valence-corrected chi connectivity index (χ1v) is 13.6. The number of carbonyl (C=O) groups is 1. The van der Waals surface area contributed by atoms with Crippen LogP contribution in [-0.4, -0.2) is 44.9 Å². The molecule has 3 aromatic carbocycles. The van der Waals surface area contributed by atoms with Gasteiger partial charge in [-0.3, -0.25) is 4.79 Å². The van der Waals surface area contributed by atoms with Gasteiger partial charge in [0.2, 0.25) is 10.0 Å². The lowest BCUT2D eigenvalue weighted by atomic mass is 9.99. The van der Waals surface area contributed by atoms with Crippen molar-refractivity contribution in [1.82, 2.24) is 9.62 Å². The minimum atomic E-state index is -3.45. The van der Waals surface area contributed by atoms with Crippen molar-refractivity contribution in [2.75, 3.05) is 26.2 Å². The van der Waals surface area contributed by atoms with Crippen LogP contribution in [0.5, 0.6) is 5.75 Å². The highest BCUT2D eigenvalue weighted by Gasteiger charge is 2.25. The van der Waals surface area contributed by atoms with Crippen LogP contribution >= 0.6 is 0 Å². The number of nitrogens with one attached hydrogen (secondary N) is 1. The molecule has 0 aliphatic carbocycles. The van der Waals surface area contributed by atoms with Crippen molar-refractivity contribution < 1.29 is 17.9 Å². The van der Waals surface area contributed by atoms with Gasteiger partial charge in [-0.05, 0) is 67.1 Å². The van der Waals surface area contributed by atoms with Crippen LogP contribution in [-0.2, 0) is 22.9 Å². The molecule has 1 aliphatic heterocycles. The second-order valence-electron chi connectivity index (χ2n) is 8.68. The molecular formula is C28H32N2O4S. The molecule has 0 atom stereocenters. The average molecular weight is 493 g/mol. The van der Waals surface area contributed by atoms with Gasteiger partial charge in [0.05, 0.1) is 11.4 Å². The van der Waals surface area contributed by atoms with E-state index in [9.17, 15) is 13.2 Å². The van der Waals surface area contributed by atoms with Gasteiger partial charge in [-0.2, -0.15) is 4.31 Å². The van der Waals surface area contributed by atoms with E-state index in [1.807, 2.05) is 42.5 Å². The minimum Gasteiger partial charge on any atom is -0.492 e. The number of ether oxygens (including phenoxy) is 1. The average Bonchev–Trinajstić information content (AvgIpc) is 2.91. The van der Waals surface area contributed by atoms with Crippen molar-refractivity contribution >= 4 is 15.9 Å². The summed E-state index contributed by atoms with van der Waals surface area (Å²) < 4.78 is 32.8. The van der Waals surface area contributed by atoms with E-state index in [0.717, 1.165) is 37.7 Å². The van der Waals surface area contributed by atoms with Gasteiger partial charge < -0.3 is 10.1 Å². The maximum absolute atomic E-state index is 12.8. The Balaban J connectivity index is 1.26. The highest BCUT2D eigenvalue weighted by Crippen LogP contribution is 2.22. The summed E-state index contributed by atoms with van der Waals surface area (Å²) in [6.07, 6.45) is 4.55. The quantitative estimate of drug-likeness (QED) is 0.424. The number of rotatable bonds is 10. The maximum atomic E-state index is 12.8. The zero-order valence-electron chi connectivity index (χ0n) is 19.9. The number of hydrogen-bond donors (Lipinski definition) is 1. The molecule has 4 rings (SSSR count). The molecule has 0 saturated carbocycles. The Bertz CT molecular complexity index is 1210. The molecule has 1 heterocycles. The van der Waals surface area contributed by atoms with E-state index in [0.29, 0.717) is 30.9 Å². The topological polar surface area (TPSA) is 75.7 Å². The molecule has 7 heteroatoms. The normalized spacial score (nSPS) is 14.4. The number of carbonyl (C=O) groups excluding carboxylic acids is 1. The molecule has 0 unspecified atom stereocenters. The number of hydrogen-bond acceptors (Lipinski definition) is 4. The molecule has 0 aromatic heterocycles. The van der Waals surface area contributed by atoms with Gasteiger partial charge >= 0.3 is 0 Å². The summed E-state index contributed by atoms with van der Waals surface area (Å²) in [4.78, 5) is 13.0. The smallest absolute Gasteiger partial charge is 0.251 e. The first-order valence-electron chi connectivity index (χ1n) is 12.2.